The van der Waals surface area contributed by atoms with Crippen LogP contribution in [0.15, 0.2) is 65.5 Å². The minimum absolute atomic E-state index is 0.222. The predicted octanol–water partition coefficient (Wildman–Crippen LogP) is 5.06. The van der Waals surface area contributed by atoms with Crippen molar-refractivity contribution in [3.63, 3.8) is 0 Å². The molecule has 0 atom stereocenters. The Morgan fingerprint density at radius 1 is 1.04 bits per heavy atom. The molecule has 2 aromatic carbocycles. The summed E-state index contributed by atoms with van der Waals surface area (Å²) < 4.78 is 5.13. The van der Waals surface area contributed by atoms with Crippen molar-refractivity contribution in [3.05, 3.63) is 72.2 Å². The molecule has 0 aliphatic carbocycles. The fraction of sp³-hybridized carbons (Fsp3) is 0.217. The van der Waals surface area contributed by atoms with Crippen LogP contribution in [-0.4, -0.2) is 19.0 Å². The van der Waals surface area contributed by atoms with Crippen LogP contribution in [0.4, 0.5) is 11.4 Å². The summed E-state index contributed by atoms with van der Waals surface area (Å²) in [5.74, 6) is -0.222. The molecule has 28 heavy (non-hydrogen) atoms. The second kappa shape index (κ2) is 8.01. The van der Waals surface area contributed by atoms with Gasteiger partial charge in [0.15, 0.2) is 0 Å². The Bertz CT molecular complexity index is 1010. The van der Waals surface area contributed by atoms with E-state index in [0.717, 1.165) is 29.9 Å². The highest BCUT2D eigenvalue weighted by Gasteiger charge is 2.15. The number of benzene rings is 2. The molecule has 5 heteroatoms. The van der Waals surface area contributed by atoms with Crippen molar-refractivity contribution in [3.8, 4) is 17.2 Å². The lowest BCUT2D eigenvalue weighted by atomic mass is 10.0. The molecule has 1 amide bonds. The number of nitriles is 1. The van der Waals surface area contributed by atoms with Crippen LogP contribution in [0.2, 0.25) is 0 Å². The average Bonchev–Trinajstić information content (AvgIpc) is 3.29. The monoisotopic (exact) mass is 371 g/mol. The van der Waals surface area contributed by atoms with Crippen LogP contribution in [0.25, 0.3) is 11.1 Å². The van der Waals surface area contributed by atoms with E-state index in [-0.39, 0.29) is 5.91 Å². The van der Waals surface area contributed by atoms with E-state index in [1.807, 2.05) is 30.3 Å². The minimum Gasteiger partial charge on any atom is -0.472 e. The SMILES string of the molecule is N#Cc1ccc(-c2ccoc2)cc1NC(=O)c1cccc(N2CCCCC2)c1. The van der Waals surface area contributed by atoms with E-state index >= 15 is 0 Å². The van der Waals surface area contributed by atoms with E-state index < -0.39 is 0 Å². The number of piperidine rings is 1. The maximum absolute atomic E-state index is 12.9. The zero-order chi connectivity index (χ0) is 19.3. The molecule has 2 heterocycles. The first-order chi connectivity index (χ1) is 13.7. The second-order valence-electron chi connectivity index (χ2n) is 6.94. The van der Waals surface area contributed by atoms with Crippen LogP contribution >= 0.6 is 0 Å². The van der Waals surface area contributed by atoms with Gasteiger partial charge in [-0.25, -0.2) is 0 Å². The molecule has 1 aliphatic rings. The van der Waals surface area contributed by atoms with E-state index in [1.165, 1.54) is 19.3 Å². The van der Waals surface area contributed by atoms with Gasteiger partial charge < -0.3 is 14.6 Å². The molecule has 1 fully saturated rings. The van der Waals surface area contributed by atoms with Crippen LogP contribution in [0.5, 0.6) is 0 Å². The number of nitrogens with one attached hydrogen (secondary N) is 1. The molecule has 1 N–H and O–H groups in total. The first-order valence-electron chi connectivity index (χ1n) is 9.48. The molecular weight excluding hydrogens is 350 g/mol. The van der Waals surface area contributed by atoms with Crippen molar-refractivity contribution in [2.45, 2.75) is 19.3 Å². The number of hydrogen-bond donors (Lipinski definition) is 1. The van der Waals surface area contributed by atoms with Gasteiger partial charge in [-0.05, 0) is 61.2 Å². The Morgan fingerprint density at radius 2 is 1.89 bits per heavy atom. The number of carbonyl (C=O) groups excluding carboxylic acids is 1. The number of amides is 1. The summed E-state index contributed by atoms with van der Waals surface area (Å²) in [6.45, 7) is 2.05. The molecule has 0 radical (unpaired) electrons. The minimum atomic E-state index is -0.222. The molecule has 1 aromatic heterocycles. The van der Waals surface area contributed by atoms with Gasteiger partial charge in [-0.1, -0.05) is 12.1 Å². The molecule has 0 spiro atoms. The van der Waals surface area contributed by atoms with Gasteiger partial charge >= 0.3 is 0 Å². The predicted molar refractivity (Wildman–Crippen MR) is 109 cm³/mol. The average molecular weight is 371 g/mol. The molecule has 1 saturated heterocycles. The van der Waals surface area contributed by atoms with Crippen LogP contribution in [-0.2, 0) is 0 Å². The summed E-state index contributed by atoms with van der Waals surface area (Å²) in [5.41, 5.74) is 4.35. The number of furan rings is 1. The molecule has 140 valence electrons. The van der Waals surface area contributed by atoms with Gasteiger partial charge in [0.05, 0.1) is 23.8 Å². The number of hydrogen-bond acceptors (Lipinski definition) is 4. The first kappa shape index (κ1) is 17.9. The lowest BCUT2D eigenvalue weighted by molar-refractivity contribution is 0.102. The molecule has 5 nitrogen and oxygen atoms in total. The maximum atomic E-state index is 12.9. The summed E-state index contributed by atoms with van der Waals surface area (Å²) >= 11 is 0. The van der Waals surface area contributed by atoms with Crippen LogP contribution in [0.1, 0.15) is 35.2 Å². The van der Waals surface area contributed by atoms with Gasteiger partial charge in [0.25, 0.3) is 5.91 Å². The van der Waals surface area contributed by atoms with E-state index in [2.05, 4.69) is 16.3 Å². The topological polar surface area (TPSA) is 69.3 Å². The zero-order valence-electron chi connectivity index (χ0n) is 15.5. The maximum Gasteiger partial charge on any atom is 0.255 e. The summed E-state index contributed by atoms with van der Waals surface area (Å²) in [7, 11) is 0. The van der Waals surface area contributed by atoms with Crippen LogP contribution < -0.4 is 10.2 Å². The van der Waals surface area contributed by atoms with E-state index in [9.17, 15) is 10.1 Å². The third-order valence-corrected chi connectivity index (χ3v) is 5.07. The Kier molecular flexibility index (Phi) is 5.11. The van der Waals surface area contributed by atoms with Crippen molar-refractivity contribution >= 4 is 17.3 Å². The molecule has 0 unspecified atom stereocenters. The number of rotatable bonds is 4. The van der Waals surface area contributed by atoms with Crippen LogP contribution in [0.3, 0.4) is 0 Å². The largest absolute Gasteiger partial charge is 0.472 e. The fourth-order valence-corrected chi connectivity index (χ4v) is 3.54. The number of nitrogens with zero attached hydrogens (tertiary/aromatic N) is 2. The van der Waals surface area contributed by atoms with E-state index in [0.29, 0.717) is 16.8 Å². The lowest BCUT2D eigenvalue weighted by Gasteiger charge is -2.29. The van der Waals surface area contributed by atoms with Crippen molar-refractivity contribution in [1.82, 2.24) is 0 Å². The van der Waals surface area contributed by atoms with Gasteiger partial charge in [-0.2, -0.15) is 5.26 Å². The van der Waals surface area contributed by atoms with Gasteiger partial charge in [0.1, 0.15) is 6.07 Å². The standard InChI is InChI=1S/C23H21N3O2/c24-15-19-8-7-17(20-9-12-28-16-20)14-22(19)25-23(27)18-5-4-6-21(13-18)26-10-2-1-3-11-26/h4-9,12-14,16H,1-3,10-11H2,(H,25,27). The fourth-order valence-electron chi connectivity index (χ4n) is 3.54. The first-order valence-corrected chi connectivity index (χ1v) is 9.48. The summed E-state index contributed by atoms with van der Waals surface area (Å²) in [5, 5.41) is 12.3. The third kappa shape index (κ3) is 3.77. The van der Waals surface area contributed by atoms with E-state index in [4.69, 9.17) is 4.42 Å². The van der Waals surface area contributed by atoms with Gasteiger partial charge in [0, 0.05) is 29.9 Å². The highest BCUT2D eigenvalue weighted by Crippen LogP contribution is 2.27. The Morgan fingerprint density at radius 3 is 2.64 bits per heavy atom. The van der Waals surface area contributed by atoms with Gasteiger partial charge in [-0.15, -0.1) is 0 Å². The molecule has 3 aromatic rings. The van der Waals surface area contributed by atoms with Gasteiger partial charge in [0.2, 0.25) is 0 Å². The summed E-state index contributed by atoms with van der Waals surface area (Å²) in [6.07, 6.45) is 6.86. The summed E-state index contributed by atoms with van der Waals surface area (Å²) in [6, 6.07) is 17.0. The zero-order valence-corrected chi connectivity index (χ0v) is 15.5. The quantitative estimate of drug-likeness (QED) is 0.696. The highest BCUT2D eigenvalue weighted by molar-refractivity contribution is 6.05. The summed E-state index contributed by atoms with van der Waals surface area (Å²) in [4.78, 5) is 15.2. The Hall–Kier alpha value is -3.52. The molecule has 0 saturated carbocycles. The molecule has 1 aliphatic heterocycles. The highest BCUT2D eigenvalue weighted by atomic mass is 16.3. The van der Waals surface area contributed by atoms with E-state index in [1.54, 1.807) is 30.7 Å². The normalized spacial score (nSPS) is 13.8. The number of anilines is 2. The van der Waals surface area contributed by atoms with Crippen LogP contribution in [0, 0.1) is 11.3 Å². The second-order valence-corrected chi connectivity index (χ2v) is 6.94. The van der Waals surface area contributed by atoms with Crippen molar-refractivity contribution in [1.29, 1.82) is 5.26 Å². The van der Waals surface area contributed by atoms with Gasteiger partial charge in [-0.3, -0.25) is 4.79 Å². The smallest absolute Gasteiger partial charge is 0.255 e. The Balaban J connectivity index is 1.58. The molecular formula is C23H21N3O2. The van der Waals surface area contributed by atoms with Crippen molar-refractivity contribution in [2.24, 2.45) is 0 Å². The third-order valence-electron chi connectivity index (χ3n) is 5.07. The Labute approximate surface area is 164 Å². The molecule has 0 bridgehead atoms. The van der Waals surface area contributed by atoms with Crippen molar-refractivity contribution in [2.75, 3.05) is 23.3 Å². The van der Waals surface area contributed by atoms with Crippen molar-refractivity contribution < 1.29 is 9.21 Å². The molecule has 4 rings (SSSR count). The lowest BCUT2D eigenvalue weighted by Crippen LogP contribution is -2.29. The number of carbonyl (C=O) groups is 1.